The molecule has 2 N–H and O–H groups in total. The normalized spacial score (nSPS) is 44.9. The van der Waals surface area contributed by atoms with Gasteiger partial charge in [-0.15, -0.1) is 0 Å². The standard InChI is InChI=1S/C30H44F2O7/c1-28(2,3)30(31,32)38-14-21(39-26(35)23-17-4-15-5-18(9-17)25(34)22(23)8-15)13-37-27(36)29-10-16-6-19(11-29)24(33)20(7-16)12-29/h15-25,33-34H,4-14H2,1-3H3. The van der Waals surface area contributed by atoms with Gasteiger partial charge in [-0.25, -0.2) is 0 Å². The molecule has 0 radical (unpaired) electrons. The van der Waals surface area contributed by atoms with Gasteiger partial charge in [0.1, 0.15) is 6.61 Å². The lowest BCUT2D eigenvalue weighted by Crippen LogP contribution is -2.57. The molecule has 0 aromatic carbocycles. The van der Waals surface area contributed by atoms with Crippen LogP contribution in [0.25, 0.3) is 0 Å². The van der Waals surface area contributed by atoms with Crippen molar-refractivity contribution in [1.29, 1.82) is 0 Å². The molecule has 7 nitrogen and oxygen atoms in total. The van der Waals surface area contributed by atoms with Crippen molar-refractivity contribution in [3.05, 3.63) is 0 Å². The Labute approximate surface area is 229 Å². The zero-order valence-electron chi connectivity index (χ0n) is 23.3. The Bertz CT molecular complexity index is 963. The molecule has 0 heterocycles. The van der Waals surface area contributed by atoms with Crippen molar-refractivity contribution in [2.75, 3.05) is 13.2 Å². The summed E-state index contributed by atoms with van der Waals surface area (Å²) in [5.41, 5.74) is -2.13. The summed E-state index contributed by atoms with van der Waals surface area (Å²) in [5.74, 6) is -0.0926. The Kier molecular flexibility index (Phi) is 6.86. The van der Waals surface area contributed by atoms with Gasteiger partial charge in [0.05, 0.1) is 35.6 Å². The average Bonchev–Trinajstić information content (AvgIpc) is 2.85. The second-order valence-electron chi connectivity index (χ2n) is 15.0. The van der Waals surface area contributed by atoms with Gasteiger partial charge in [0, 0.05) is 0 Å². The average molecular weight is 555 g/mol. The van der Waals surface area contributed by atoms with Crippen LogP contribution in [0.3, 0.4) is 0 Å². The SMILES string of the molecule is CC(C)(C)C(F)(F)OCC(COC(=O)C12CC3CC(C1)C(O)C(C3)C2)OC(=O)C1C2CC3CC(C2)C(O)C1C3. The summed E-state index contributed by atoms with van der Waals surface area (Å²) >= 11 is 0. The first kappa shape index (κ1) is 27.8. The second-order valence-corrected chi connectivity index (χ2v) is 15.0. The number of esters is 2. The maximum absolute atomic E-state index is 14.7. The van der Waals surface area contributed by atoms with Gasteiger partial charge < -0.3 is 24.4 Å². The van der Waals surface area contributed by atoms with Crippen molar-refractivity contribution in [1.82, 2.24) is 0 Å². The van der Waals surface area contributed by atoms with Crippen molar-refractivity contribution in [2.24, 2.45) is 58.2 Å². The summed E-state index contributed by atoms with van der Waals surface area (Å²) in [4.78, 5) is 26.9. The van der Waals surface area contributed by atoms with E-state index in [2.05, 4.69) is 0 Å². The molecule has 220 valence electrons. The van der Waals surface area contributed by atoms with Gasteiger partial charge >= 0.3 is 18.0 Å². The zero-order chi connectivity index (χ0) is 27.9. The summed E-state index contributed by atoms with van der Waals surface area (Å²) in [6, 6.07) is 0. The molecule has 39 heavy (non-hydrogen) atoms. The van der Waals surface area contributed by atoms with Gasteiger partial charge in [0.25, 0.3) is 0 Å². The van der Waals surface area contributed by atoms with E-state index in [1.807, 2.05) is 0 Å². The van der Waals surface area contributed by atoms with E-state index < -0.39 is 47.6 Å². The third kappa shape index (κ3) is 4.82. The van der Waals surface area contributed by atoms with Gasteiger partial charge in [0.2, 0.25) is 0 Å². The molecule has 0 aromatic rings. The minimum absolute atomic E-state index is 0.0922. The first-order valence-corrected chi connectivity index (χ1v) is 15.0. The zero-order valence-corrected chi connectivity index (χ0v) is 23.3. The molecule has 0 spiro atoms. The molecule has 8 aliphatic carbocycles. The van der Waals surface area contributed by atoms with Crippen molar-refractivity contribution in [3.63, 3.8) is 0 Å². The highest BCUT2D eigenvalue weighted by Crippen LogP contribution is 2.60. The lowest BCUT2D eigenvalue weighted by Gasteiger charge is -2.57. The van der Waals surface area contributed by atoms with E-state index >= 15 is 0 Å². The number of hydrogen-bond donors (Lipinski definition) is 2. The van der Waals surface area contributed by atoms with Crippen LogP contribution in [0.1, 0.15) is 78.6 Å². The second kappa shape index (κ2) is 9.62. The monoisotopic (exact) mass is 554 g/mol. The van der Waals surface area contributed by atoms with Crippen LogP contribution in [0, 0.1) is 58.2 Å². The number of ether oxygens (including phenoxy) is 3. The van der Waals surface area contributed by atoms with Crippen LogP contribution in [-0.4, -0.2) is 59.8 Å². The fourth-order valence-electron chi connectivity index (χ4n) is 9.59. The smallest absolute Gasteiger partial charge is 0.360 e. The largest absolute Gasteiger partial charge is 0.461 e. The topological polar surface area (TPSA) is 102 Å². The molecule has 0 aromatic heterocycles. The number of alkyl halides is 2. The Morgan fingerprint density at radius 3 is 2.15 bits per heavy atom. The summed E-state index contributed by atoms with van der Waals surface area (Å²) in [5, 5.41) is 21.4. The maximum Gasteiger partial charge on any atom is 0.360 e. The van der Waals surface area contributed by atoms with E-state index in [1.54, 1.807) is 0 Å². The lowest BCUT2D eigenvalue weighted by molar-refractivity contribution is -0.304. The Balaban J connectivity index is 1.14. The Hall–Kier alpha value is -1.32. The van der Waals surface area contributed by atoms with Crippen LogP contribution in [-0.2, 0) is 23.8 Å². The third-order valence-electron chi connectivity index (χ3n) is 11.3. The highest BCUT2D eigenvalue weighted by molar-refractivity contribution is 5.78. The van der Waals surface area contributed by atoms with E-state index in [9.17, 15) is 28.6 Å². The molecule has 0 aliphatic heterocycles. The fourth-order valence-corrected chi connectivity index (χ4v) is 9.59. The molecule has 9 atom stereocenters. The molecule has 8 rings (SSSR count). The van der Waals surface area contributed by atoms with Crippen LogP contribution in [0.5, 0.6) is 0 Å². The maximum atomic E-state index is 14.7. The number of rotatable bonds is 8. The molecule has 8 saturated carbocycles. The van der Waals surface area contributed by atoms with Gasteiger partial charge in [0.15, 0.2) is 6.10 Å². The minimum Gasteiger partial charge on any atom is -0.461 e. The highest BCUT2D eigenvalue weighted by Gasteiger charge is 2.59. The van der Waals surface area contributed by atoms with Crippen LogP contribution < -0.4 is 0 Å². The first-order chi connectivity index (χ1) is 18.3. The Morgan fingerprint density at radius 2 is 1.49 bits per heavy atom. The van der Waals surface area contributed by atoms with Crippen LogP contribution in [0.2, 0.25) is 0 Å². The van der Waals surface area contributed by atoms with Crippen molar-refractivity contribution in [3.8, 4) is 0 Å². The predicted octanol–water partition coefficient (Wildman–Crippen LogP) is 4.33. The van der Waals surface area contributed by atoms with E-state index in [0.29, 0.717) is 24.7 Å². The molecular formula is C30H44F2O7. The number of carbonyl (C=O) groups excluding carboxylic acids is 2. The molecule has 8 aliphatic rings. The van der Waals surface area contributed by atoms with Gasteiger partial charge in [-0.05, 0) is 99.2 Å². The van der Waals surface area contributed by atoms with Crippen molar-refractivity contribution < 1.29 is 42.8 Å². The van der Waals surface area contributed by atoms with E-state index in [-0.39, 0.29) is 48.3 Å². The van der Waals surface area contributed by atoms with Crippen LogP contribution in [0.15, 0.2) is 0 Å². The van der Waals surface area contributed by atoms with E-state index in [1.165, 1.54) is 20.8 Å². The van der Waals surface area contributed by atoms with Gasteiger partial charge in [-0.2, -0.15) is 8.78 Å². The van der Waals surface area contributed by atoms with Crippen molar-refractivity contribution >= 4 is 11.9 Å². The number of carbonyl (C=O) groups is 2. The number of aliphatic hydroxyl groups excluding tert-OH is 2. The lowest BCUT2D eigenvalue weighted by atomic mass is 9.48. The first-order valence-electron chi connectivity index (χ1n) is 15.0. The molecule has 9 unspecified atom stereocenters. The summed E-state index contributed by atoms with van der Waals surface area (Å²) in [7, 11) is 0. The summed E-state index contributed by atoms with van der Waals surface area (Å²) in [6.07, 6.45) is 1.67. The van der Waals surface area contributed by atoms with E-state index in [4.69, 9.17) is 14.2 Å². The minimum atomic E-state index is -3.48. The molecule has 8 bridgehead atoms. The van der Waals surface area contributed by atoms with E-state index in [0.717, 1.165) is 44.9 Å². The van der Waals surface area contributed by atoms with Crippen LogP contribution >= 0.6 is 0 Å². The molecule has 9 heteroatoms. The highest BCUT2D eigenvalue weighted by atomic mass is 19.3. The Morgan fingerprint density at radius 1 is 0.846 bits per heavy atom. The summed E-state index contributed by atoms with van der Waals surface area (Å²) in [6.45, 7) is 3.14. The predicted molar refractivity (Wildman–Crippen MR) is 135 cm³/mol. The fraction of sp³-hybridized carbons (Fsp3) is 0.933. The van der Waals surface area contributed by atoms with Crippen molar-refractivity contribution in [2.45, 2.75) is 103 Å². The summed E-state index contributed by atoms with van der Waals surface area (Å²) < 4.78 is 45.9. The quantitative estimate of drug-likeness (QED) is 0.431. The molecular weight excluding hydrogens is 510 g/mol. The molecule has 8 fully saturated rings. The van der Waals surface area contributed by atoms with Gasteiger partial charge in [-0.3, -0.25) is 9.59 Å². The third-order valence-corrected chi connectivity index (χ3v) is 11.3. The number of hydrogen-bond acceptors (Lipinski definition) is 7. The number of aliphatic hydroxyl groups is 2. The molecule has 0 amide bonds. The molecule has 0 saturated heterocycles. The number of halogens is 2. The van der Waals surface area contributed by atoms with Gasteiger partial charge in [-0.1, -0.05) is 20.8 Å². The van der Waals surface area contributed by atoms with Crippen LogP contribution in [0.4, 0.5) is 8.78 Å².